The Labute approximate surface area is 161 Å². The van der Waals surface area contributed by atoms with Gasteiger partial charge in [-0.05, 0) is 17.5 Å². The number of benzene rings is 2. The minimum Gasteiger partial charge on any atom is -0.378 e. The van der Waals surface area contributed by atoms with Crippen LogP contribution in [0.5, 0.6) is 0 Å². The molecule has 2 aromatic carbocycles. The number of carbonyl (C=O) groups excluding carboxylic acids is 1. The molecule has 27 heavy (non-hydrogen) atoms. The van der Waals surface area contributed by atoms with E-state index in [2.05, 4.69) is 64.1 Å². The quantitative estimate of drug-likeness (QED) is 0.667. The predicted octanol–water partition coefficient (Wildman–Crippen LogP) is 2.18. The zero-order valence-electron chi connectivity index (χ0n) is 15.8. The number of nitrogens with zero attached hydrogens (tertiary/aromatic N) is 1. The van der Waals surface area contributed by atoms with Gasteiger partial charge in [-0.3, -0.25) is 9.69 Å². The van der Waals surface area contributed by atoms with E-state index < -0.39 is 0 Å². The van der Waals surface area contributed by atoms with Gasteiger partial charge in [0.2, 0.25) is 5.91 Å². The SMILES string of the molecule is O=C(NCCCN(Cc1ccccc1)Cc1ccccc1)C1COCCN1. The molecule has 5 heteroatoms. The monoisotopic (exact) mass is 367 g/mol. The molecule has 1 unspecified atom stereocenters. The number of hydrogen-bond donors (Lipinski definition) is 2. The summed E-state index contributed by atoms with van der Waals surface area (Å²) in [7, 11) is 0. The van der Waals surface area contributed by atoms with Crippen LogP contribution in [0.4, 0.5) is 0 Å². The van der Waals surface area contributed by atoms with E-state index in [1.165, 1.54) is 11.1 Å². The molecule has 1 fully saturated rings. The average Bonchev–Trinajstić information content (AvgIpc) is 2.73. The van der Waals surface area contributed by atoms with Crippen LogP contribution in [0.3, 0.4) is 0 Å². The normalized spacial score (nSPS) is 17.0. The summed E-state index contributed by atoms with van der Waals surface area (Å²) in [5, 5.41) is 6.21. The van der Waals surface area contributed by atoms with Crippen molar-refractivity contribution >= 4 is 5.91 Å². The highest BCUT2D eigenvalue weighted by molar-refractivity contribution is 5.81. The van der Waals surface area contributed by atoms with Crippen LogP contribution >= 0.6 is 0 Å². The van der Waals surface area contributed by atoms with Crippen molar-refractivity contribution in [1.29, 1.82) is 0 Å². The number of morpholine rings is 1. The molecule has 0 spiro atoms. The summed E-state index contributed by atoms with van der Waals surface area (Å²) in [5.41, 5.74) is 2.61. The second-order valence-electron chi connectivity index (χ2n) is 6.91. The Morgan fingerprint density at radius 2 is 1.67 bits per heavy atom. The fourth-order valence-corrected chi connectivity index (χ4v) is 3.27. The minimum atomic E-state index is -0.219. The number of ether oxygens (including phenoxy) is 1. The van der Waals surface area contributed by atoms with Crippen molar-refractivity contribution in [1.82, 2.24) is 15.5 Å². The lowest BCUT2D eigenvalue weighted by molar-refractivity contribution is -0.125. The zero-order valence-corrected chi connectivity index (χ0v) is 15.8. The number of amides is 1. The third-order valence-electron chi connectivity index (χ3n) is 4.69. The highest BCUT2D eigenvalue weighted by atomic mass is 16.5. The molecule has 144 valence electrons. The van der Waals surface area contributed by atoms with Crippen LogP contribution in [-0.4, -0.2) is 49.7 Å². The van der Waals surface area contributed by atoms with Gasteiger partial charge in [-0.2, -0.15) is 0 Å². The topological polar surface area (TPSA) is 53.6 Å². The molecule has 0 radical (unpaired) electrons. The van der Waals surface area contributed by atoms with Gasteiger partial charge >= 0.3 is 0 Å². The van der Waals surface area contributed by atoms with E-state index in [1.54, 1.807) is 0 Å². The lowest BCUT2D eigenvalue weighted by Crippen LogP contribution is -2.51. The molecule has 0 bridgehead atoms. The summed E-state index contributed by atoms with van der Waals surface area (Å²) in [4.78, 5) is 14.6. The first kappa shape index (κ1) is 19.5. The summed E-state index contributed by atoms with van der Waals surface area (Å²) in [6.45, 7) is 5.29. The molecule has 1 amide bonds. The van der Waals surface area contributed by atoms with Gasteiger partial charge in [-0.25, -0.2) is 0 Å². The highest BCUT2D eigenvalue weighted by Crippen LogP contribution is 2.10. The fourth-order valence-electron chi connectivity index (χ4n) is 3.27. The van der Waals surface area contributed by atoms with Crippen LogP contribution in [0, 0.1) is 0 Å². The van der Waals surface area contributed by atoms with Crippen molar-refractivity contribution in [2.24, 2.45) is 0 Å². The molecule has 1 aliphatic rings. The molecule has 2 N–H and O–H groups in total. The molecule has 1 saturated heterocycles. The maximum Gasteiger partial charge on any atom is 0.239 e. The molecule has 1 atom stereocenters. The molecular weight excluding hydrogens is 338 g/mol. The second-order valence-corrected chi connectivity index (χ2v) is 6.91. The first-order valence-electron chi connectivity index (χ1n) is 9.70. The lowest BCUT2D eigenvalue weighted by atomic mass is 10.1. The molecule has 5 nitrogen and oxygen atoms in total. The zero-order chi connectivity index (χ0) is 18.7. The van der Waals surface area contributed by atoms with E-state index in [0.29, 0.717) is 19.8 Å². The largest absolute Gasteiger partial charge is 0.378 e. The molecule has 2 aromatic rings. The molecule has 3 rings (SSSR count). The molecule has 1 heterocycles. The van der Waals surface area contributed by atoms with Crippen molar-refractivity contribution < 1.29 is 9.53 Å². The van der Waals surface area contributed by atoms with E-state index in [-0.39, 0.29) is 11.9 Å². The maximum atomic E-state index is 12.2. The third-order valence-corrected chi connectivity index (χ3v) is 4.69. The van der Waals surface area contributed by atoms with Crippen molar-refractivity contribution in [2.45, 2.75) is 25.6 Å². The van der Waals surface area contributed by atoms with Gasteiger partial charge in [0.15, 0.2) is 0 Å². The van der Waals surface area contributed by atoms with Crippen LogP contribution in [0.2, 0.25) is 0 Å². The lowest BCUT2D eigenvalue weighted by Gasteiger charge is -2.24. The first-order valence-corrected chi connectivity index (χ1v) is 9.70. The smallest absolute Gasteiger partial charge is 0.239 e. The predicted molar refractivity (Wildman–Crippen MR) is 107 cm³/mol. The van der Waals surface area contributed by atoms with Crippen LogP contribution in [0.15, 0.2) is 60.7 Å². The van der Waals surface area contributed by atoms with Gasteiger partial charge in [0.1, 0.15) is 6.04 Å². The Morgan fingerprint density at radius 1 is 1.04 bits per heavy atom. The average molecular weight is 367 g/mol. The van der Waals surface area contributed by atoms with Gasteiger partial charge in [-0.1, -0.05) is 60.7 Å². The van der Waals surface area contributed by atoms with Crippen LogP contribution < -0.4 is 10.6 Å². The number of rotatable bonds is 9. The Bertz CT molecular complexity index is 631. The second kappa shape index (κ2) is 10.8. The standard InChI is InChI=1S/C22H29N3O2/c26-22(21-18-27-15-13-23-21)24-12-7-14-25(16-19-8-3-1-4-9-19)17-20-10-5-2-6-11-20/h1-6,8-11,21,23H,7,12-18H2,(H,24,26). The molecule has 0 saturated carbocycles. The van der Waals surface area contributed by atoms with E-state index in [9.17, 15) is 4.79 Å². The Kier molecular flexibility index (Phi) is 7.84. The Morgan fingerprint density at radius 3 is 2.22 bits per heavy atom. The fraction of sp³-hybridized carbons (Fsp3) is 0.409. The maximum absolute atomic E-state index is 12.2. The van der Waals surface area contributed by atoms with Gasteiger partial charge in [-0.15, -0.1) is 0 Å². The molecule has 1 aliphatic heterocycles. The summed E-state index contributed by atoms with van der Waals surface area (Å²) in [6, 6.07) is 20.8. The third kappa shape index (κ3) is 6.79. The summed E-state index contributed by atoms with van der Waals surface area (Å²) >= 11 is 0. The highest BCUT2D eigenvalue weighted by Gasteiger charge is 2.20. The molecule has 0 aromatic heterocycles. The van der Waals surface area contributed by atoms with Gasteiger partial charge in [0.25, 0.3) is 0 Å². The van der Waals surface area contributed by atoms with E-state index in [1.807, 2.05) is 12.1 Å². The number of hydrogen-bond acceptors (Lipinski definition) is 4. The first-order chi connectivity index (χ1) is 13.3. The van der Waals surface area contributed by atoms with Gasteiger partial charge in [0.05, 0.1) is 13.2 Å². The Balaban J connectivity index is 1.47. The summed E-state index contributed by atoms with van der Waals surface area (Å²) < 4.78 is 5.35. The molecule has 0 aliphatic carbocycles. The minimum absolute atomic E-state index is 0.0346. The van der Waals surface area contributed by atoms with Crippen LogP contribution in [-0.2, 0) is 22.6 Å². The van der Waals surface area contributed by atoms with Crippen molar-refractivity contribution in [3.63, 3.8) is 0 Å². The number of carbonyl (C=O) groups is 1. The Hall–Kier alpha value is -2.21. The van der Waals surface area contributed by atoms with Crippen molar-refractivity contribution in [3.05, 3.63) is 71.8 Å². The van der Waals surface area contributed by atoms with Gasteiger partial charge < -0.3 is 15.4 Å². The van der Waals surface area contributed by atoms with Crippen molar-refractivity contribution in [3.8, 4) is 0 Å². The summed E-state index contributed by atoms with van der Waals surface area (Å²) in [6.07, 6.45) is 0.916. The van der Waals surface area contributed by atoms with Crippen LogP contribution in [0.25, 0.3) is 0 Å². The number of nitrogens with one attached hydrogen (secondary N) is 2. The molecular formula is C22H29N3O2. The van der Waals surface area contributed by atoms with E-state index in [0.717, 1.165) is 32.6 Å². The van der Waals surface area contributed by atoms with Gasteiger partial charge in [0, 0.05) is 32.7 Å². The van der Waals surface area contributed by atoms with Crippen molar-refractivity contribution in [2.75, 3.05) is 32.8 Å². The van der Waals surface area contributed by atoms with E-state index in [4.69, 9.17) is 4.74 Å². The van der Waals surface area contributed by atoms with Crippen LogP contribution in [0.1, 0.15) is 17.5 Å². The van der Waals surface area contributed by atoms with E-state index >= 15 is 0 Å². The summed E-state index contributed by atoms with van der Waals surface area (Å²) in [5.74, 6) is 0.0346.